The molecule has 212 valence electrons. The summed E-state index contributed by atoms with van der Waals surface area (Å²) < 4.78 is 69.3. The SMILES string of the molecule is CCC(C)CCC(CC(CCO)(c1ccccc1)c1ccc(OCC(F)(F)C(F)(F)F)cc1)c1ccccc1. The quantitative estimate of drug-likeness (QED) is 0.204. The lowest BCUT2D eigenvalue weighted by atomic mass is 9.65. The Balaban J connectivity index is 2.00. The van der Waals surface area contributed by atoms with Gasteiger partial charge in [0.2, 0.25) is 0 Å². The van der Waals surface area contributed by atoms with E-state index >= 15 is 0 Å². The zero-order valence-electron chi connectivity index (χ0n) is 22.4. The van der Waals surface area contributed by atoms with Crippen LogP contribution >= 0.6 is 0 Å². The molecule has 0 radical (unpaired) electrons. The van der Waals surface area contributed by atoms with Crippen molar-refractivity contribution in [3.05, 3.63) is 102 Å². The Labute approximate surface area is 227 Å². The van der Waals surface area contributed by atoms with Crippen molar-refractivity contribution in [1.29, 1.82) is 0 Å². The molecular formula is C32H37F5O2. The average Bonchev–Trinajstić information content (AvgIpc) is 2.94. The van der Waals surface area contributed by atoms with Crippen LogP contribution in [0.2, 0.25) is 0 Å². The maximum atomic E-state index is 13.4. The van der Waals surface area contributed by atoms with Crippen molar-refractivity contribution >= 4 is 0 Å². The number of alkyl halides is 5. The highest BCUT2D eigenvalue weighted by Gasteiger charge is 2.58. The van der Waals surface area contributed by atoms with Crippen LogP contribution < -0.4 is 4.74 Å². The number of hydrogen-bond acceptors (Lipinski definition) is 2. The second kappa shape index (κ2) is 13.4. The summed E-state index contributed by atoms with van der Waals surface area (Å²) in [6.07, 6.45) is -1.51. The Hall–Kier alpha value is -2.93. The molecule has 1 N–H and O–H groups in total. The van der Waals surface area contributed by atoms with Gasteiger partial charge in [-0.05, 0) is 59.9 Å². The summed E-state index contributed by atoms with van der Waals surface area (Å²) in [6, 6.07) is 26.3. The number of benzene rings is 3. The first kappa shape index (κ1) is 30.6. The second-order valence-electron chi connectivity index (χ2n) is 10.3. The van der Waals surface area contributed by atoms with Crippen LogP contribution in [0.3, 0.4) is 0 Å². The van der Waals surface area contributed by atoms with Crippen molar-refractivity contribution in [2.45, 2.75) is 69.4 Å². The predicted molar refractivity (Wildman–Crippen MR) is 144 cm³/mol. The minimum absolute atomic E-state index is 0.0787. The van der Waals surface area contributed by atoms with E-state index in [1.165, 1.54) is 17.7 Å². The Morgan fingerprint density at radius 1 is 0.769 bits per heavy atom. The van der Waals surface area contributed by atoms with E-state index in [9.17, 15) is 27.1 Å². The second-order valence-corrected chi connectivity index (χ2v) is 10.3. The first-order chi connectivity index (χ1) is 18.5. The van der Waals surface area contributed by atoms with E-state index in [1.54, 1.807) is 12.1 Å². The molecule has 0 fully saturated rings. The molecule has 3 rings (SSSR count). The maximum absolute atomic E-state index is 13.4. The number of aliphatic hydroxyl groups excluding tert-OH is 1. The van der Waals surface area contributed by atoms with Crippen molar-refractivity contribution in [3.8, 4) is 5.75 Å². The number of aliphatic hydroxyl groups is 1. The Kier molecular flexibility index (Phi) is 10.5. The lowest BCUT2D eigenvalue weighted by Crippen LogP contribution is -2.41. The van der Waals surface area contributed by atoms with Gasteiger partial charge < -0.3 is 9.84 Å². The van der Waals surface area contributed by atoms with E-state index in [4.69, 9.17) is 4.74 Å². The standard InChI is InChI=1S/C32H37F5O2/c1-3-24(2)14-15-26(25-10-6-4-7-11-25)22-30(20-21-38,27-12-8-5-9-13-27)28-16-18-29(19-17-28)39-23-31(33,34)32(35,36)37/h4-13,16-19,24,26,38H,3,14-15,20-23H2,1-2H3. The lowest BCUT2D eigenvalue weighted by Gasteiger charge is -2.38. The molecule has 3 unspecified atom stereocenters. The zero-order valence-corrected chi connectivity index (χ0v) is 22.4. The summed E-state index contributed by atoms with van der Waals surface area (Å²) in [5, 5.41) is 10.3. The first-order valence-electron chi connectivity index (χ1n) is 13.4. The molecule has 0 aliphatic carbocycles. The van der Waals surface area contributed by atoms with Gasteiger partial charge in [-0.2, -0.15) is 22.0 Å². The minimum Gasteiger partial charge on any atom is -0.487 e. The van der Waals surface area contributed by atoms with E-state index in [-0.39, 0.29) is 18.3 Å². The largest absolute Gasteiger partial charge is 0.487 e. The van der Waals surface area contributed by atoms with Gasteiger partial charge in [0.25, 0.3) is 0 Å². The summed E-state index contributed by atoms with van der Waals surface area (Å²) in [5.41, 5.74) is 2.41. The number of hydrogen-bond donors (Lipinski definition) is 1. The van der Waals surface area contributed by atoms with E-state index in [2.05, 4.69) is 26.0 Å². The Morgan fingerprint density at radius 2 is 1.33 bits per heavy atom. The van der Waals surface area contributed by atoms with Gasteiger partial charge in [-0.25, -0.2) is 0 Å². The Morgan fingerprint density at radius 3 is 1.87 bits per heavy atom. The van der Waals surface area contributed by atoms with Crippen LogP contribution in [0.5, 0.6) is 5.75 Å². The predicted octanol–water partition coefficient (Wildman–Crippen LogP) is 8.93. The molecule has 0 heterocycles. The molecular weight excluding hydrogens is 511 g/mol. The summed E-state index contributed by atoms with van der Waals surface area (Å²) in [7, 11) is 0. The molecule has 0 amide bonds. The number of rotatable bonds is 14. The van der Waals surface area contributed by atoms with Crippen LogP contribution in [0.15, 0.2) is 84.9 Å². The topological polar surface area (TPSA) is 29.5 Å². The van der Waals surface area contributed by atoms with Gasteiger partial charge in [0.1, 0.15) is 5.75 Å². The van der Waals surface area contributed by atoms with E-state index in [0.717, 1.165) is 30.4 Å². The molecule has 0 spiro atoms. The van der Waals surface area contributed by atoms with Gasteiger partial charge in [-0.1, -0.05) is 99.5 Å². The summed E-state index contributed by atoms with van der Waals surface area (Å²) >= 11 is 0. The van der Waals surface area contributed by atoms with Crippen molar-refractivity contribution in [2.24, 2.45) is 5.92 Å². The highest BCUT2D eigenvalue weighted by atomic mass is 19.4. The molecule has 0 aromatic heterocycles. The summed E-state index contributed by atoms with van der Waals surface area (Å²) in [5.74, 6) is -4.29. The highest BCUT2D eigenvalue weighted by molar-refractivity contribution is 5.43. The number of halogens is 5. The molecule has 39 heavy (non-hydrogen) atoms. The van der Waals surface area contributed by atoms with Crippen LogP contribution in [-0.4, -0.2) is 30.4 Å². The number of ether oxygens (including phenoxy) is 1. The average molecular weight is 549 g/mol. The monoisotopic (exact) mass is 548 g/mol. The molecule has 7 heteroatoms. The molecule has 3 atom stereocenters. The van der Waals surface area contributed by atoms with Gasteiger partial charge in [0.15, 0.2) is 6.61 Å². The third-order valence-corrected chi connectivity index (χ3v) is 7.68. The van der Waals surface area contributed by atoms with Gasteiger partial charge in [0.05, 0.1) is 0 Å². The lowest BCUT2D eigenvalue weighted by molar-refractivity contribution is -0.290. The van der Waals surface area contributed by atoms with Crippen LogP contribution in [0.4, 0.5) is 22.0 Å². The summed E-state index contributed by atoms with van der Waals surface area (Å²) in [4.78, 5) is 0. The third kappa shape index (κ3) is 7.81. The van der Waals surface area contributed by atoms with Crippen LogP contribution in [-0.2, 0) is 5.41 Å². The van der Waals surface area contributed by atoms with E-state index in [1.807, 2.05) is 48.5 Å². The molecule has 2 nitrogen and oxygen atoms in total. The molecule has 0 aliphatic heterocycles. The molecule has 3 aromatic carbocycles. The van der Waals surface area contributed by atoms with Crippen molar-refractivity contribution < 1.29 is 31.8 Å². The van der Waals surface area contributed by atoms with Gasteiger partial charge >= 0.3 is 12.1 Å². The zero-order chi connectivity index (χ0) is 28.5. The fourth-order valence-corrected chi connectivity index (χ4v) is 5.09. The van der Waals surface area contributed by atoms with Crippen LogP contribution in [0.25, 0.3) is 0 Å². The highest BCUT2D eigenvalue weighted by Crippen LogP contribution is 2.46. The van der Waals surface area contributed by atoms with Gasteiger partial charge in [0, 0.05) is 12.0 Å². The third-order valence-electron chi connectivity index (χ3n) is 7.68. The smallest absolute Gasteiger partial charge is 0.456 e. The van der Waals surface area contributed by atoms with Gasteiger partial charge in [-0.3, -0.25) is 0 Å². The first-order valence-corrected chi connectivity index (χ1v) is 13.4. The Bertz CT molecular complexity index is 1120. The molecule has 0 aliphatic rings. The maximum Gasteiger partial charge on any atom is 0.456 e. The van der Waals surface area contributed by atoms with E-state index < -0.39 is 24.1 Å². The fraction of sp³-hybridized carbons (Fsp3) is 0.438. The minimum atomic E-state index is -5.68. The molecule has 0 bridgehead atoms. The van der Waals surface area contributed by atoms with Crippen LogP contribution in [0, 0.1) is 5.92 Å². The molecule has 3 aromatic rings. The van der Waals surface area contributed by atoms with Gasteiger partial charge in [-0.15, -0.1) is 0 Å². The summed E-state index contributed by atoms with van der Waals surface area (Å²) in [6.45, 7) is 2.54. The normalized spacial score (nSPS) is 15.4. The van der Waals surface area contributed by atoms with Crippen molar-refractivity contribution in [3.63, 3.8) is 0 Å². The van der Waals surface area contributed by atoms with Crippen molar-refractivity contribution in [1.82, 2.24) is 0 Å². The van der Waals surface area contributed by atoms with Crippen molar-refractivity contribution in [2.75, 3.05) is 13.2 Å². The van der Waals surface area contributed by atoms with Crippen LogP contribution in [0.1, 0.15) is 68.6 Å². The fourth-order valence-electron chi connectivity index (χ4n) is 5.09. The molecule has 0 saturated heterocycles. The molecule has 0 saturated carbocycles. The van der Waals surface area contributed by atoms with E-state index in [0.29, 0.717) is 18.8 Å².